The molecule has 2 heterocycles. The fourth-order valence-corrected chi connectivity index (χ4v) is 3.28. The molecule has 0 aliphatic carbocycles. The molecule has 0 unspecified atom stereocenters. The maximum Gasteiger partial charge on any atom is 0.349 e. The van der Waals surface area contributed by atoms with Crippen molar-refractivity contribution < 1.29 is 9.53 Å². The van der Waals surface area contributed by atoms with E-state index >= 15 is 0 Å². The van der Waals surface area contributed by atoms with Crippen molar-refractivity contribution in [2.24, 2.45) is 0 Å². The second-order valence-electron chi connectivity index (χ2n) is 3.11. The Bertz CT molecular complexity index is 524. The normalized spacial score (nSPS) is 10.2. The molecule has 0 spiro atoms. The highest BCUT2D eigenvalue weighted by Crippen LogP contribution is 2.23. The molecular formula is C10H9BrN2O2S2. The van der Waals surface area contributed by atoms with Gasteiger partial charge in [-0.1, -0.05) is 11.3 Å². The van der Waals surface area contributed by atoms with Crippen LogP contribution < -0.4 is 5.32 Å². The second-order valence-corrected chi connectivity index (χ2v) is 6.05. The Hall–Kier alpha value is -0.920. The SMILES string of the molecule is COC(=O)c1cnc(NCc2cc(Br)cs2)s1. The summed E-state index contributed by atoms with van der Waals surface area (Å²) in [7, 11) is 1.36. The summed E-state index contributed by atoms with van der Waals surface area (Å²) in [6, 6.07) is 2.05. The van der Waals surface area contributed by atoms with Gasteiger partial charge in [-0.3, -0.25) is 0 Å². The molecule has 2 rings (SSSR count). The summed E-state index contributed by atoms with van der Waals surface area (Å²) in [5.41, 5.74) is 0. The first-order valence-corrected chi connectivity index (χ1v) is 7.19. The van der Waals surface area contributed by atoms with E-state index in [4.69, 9.17) is 0 Å². The van der Waals surface area contributed by atoms with Gasteiger partial charge in [-0.25, -0.2) is 9.78 Å². The van der Waals surface area contributed by atoms with Crippen LogP contribution in [0.15, 0.2) is 22.1 Å². The van der Waals surface area contributed by atoms with Crippen LogP contribution in [0.4, 0.5) is 5.13 Å². The predicted octanol–water partition coefficient (Wildman–Crippen LogP) is 3.37. The lowest BCUT2D eigenvalue weighted by molar-refractivity contribution is 0.0606. The van der Waals surface area contributed by atoms with E-state index in [1.54, 1.807) is 11.3 Å². The highest BCUT2D eigenvalue weighted by atomic mass is 79.9. The molecule has 2 aromatic heterocycles. The maximum atomic E-state index is 11.2. The van der Waals surface area contributed by atoms with Crippen molar-refractivity contribution in [3.05, 3.63) is 31.9 Å². The number of thiophene rings is 1. The predicted molar refractivity (Wildman–Crippen MR) is 72.8 cm³/mol. The third kappa shape index (κ3) is 3.27. The number of ether oxygens (including phenoxy) is 1. The Morgan fingerprint density at radius 3 is 3.12 bits per heavy atom. The summed E-state index contributed by atoms with van der Waals surface area (Å²) < 4.78 is 5.69. The van der Waals surface area contributed by atoms with Crippen LogP contribution >= 0.6 is 38.6 Å². The number of nitrogens with zero attached hydrogens (tertiary/aromatic N) is 1. The van der Waals surface area contributed by atoms with E-state index in [0.717, 1.165) is 9.60 Å². The number of aromatic nitrogens is 1. The summed E-state index contributed by atoms with van der Waals surface area (Å²) in [5.74, 6) is -0.352. The fraction of sp³-hybridized carbons (Fsp3) is 0.200. The van der Waals surface area contributed by atoms with Crippen molar-refractivity contribution in [2.45, 2.75) is 6.54 Å². The number of esters is 1. The summed E-state index contributed by atoms with van der Waals surface area (Å²) in [6.07, 6.45) is 1.52. The zero-order valence-corrected chi connectivity index (χ0v) is 12.1. The maximum absolute atomic E-state index is 11.2. The zero-order chi connectivity index (χ0) is 12.3. The lowest BCUT2D eigenvalue weighted by Crippen LogP contribution is -1.97. The lowest BCUT2D eigenvalue weighted by atomic mass is 10.5. The summed E-state index contributed by atoms with van der Waals surface area (Å²) >= 11 is 6.35. The molecule has 90 valence electrons. The Kier molecular flexibility index (Phi) is 4.14. The number of hydrogen-bond donors (Lipinski definition) is 1. The number of anilines is 1. The molecule has 4 nitrogen and oxygen atoms in total. The molecular weight excluding hydrogens is 324 g/mol. The zero-order valence-electron chi connectivity index (χ0n) is 8.90. The van der Waals surface area contributed by atoms with Gasteiger partial charge in [0.25, 0.3) is 0 Å². The molecule has 0 aromatic carbocycles. The molecule has 0 aliphatic heterocycles. The third-order valence-corrected chi connectivity index (χ3v) is 4.56. The second kappa shape index (κ2) is 5.61. The Morgan fingerprint density at radius 1 is 1.65 bits per heavy atom. The molecule has 0 saturated carbocycles. The molecule has 0 bridgehead atoms. The summed E-state index contributed by atoms with van der Waals surface area (Å²) in [6.45, 7) is 0.699. The van der Waals surface area contributed by atoms with Crippen molar-refractivity contribution in [2.75, 3.05) is 12.4 Å². The van der Waals surface area contributed by atoms with Gasteiger partial charge in [0.2, 0.25) is 0 Å². The number of halogens is 1. The molecule has 0 saturated heterocycles. The number of hydrogen-bond acceptors (Lipinski definition) is 6. The minimum absolute atomic E-state index is 0.352. The molecule has 7 heteroatoms. The standard InChI is InChI=1S/C10H9BrN2O2S2/c1-15-9(14)8-4-13-10(17-8)12-3-7-2-6(11)5-16-7/h2,4-5H,3H2,1H3,(H,12,13). The van der Waals surface area contributed by atoms with Crippen molar-refractivity contribution in [3.63, 3.8) is 0 Å². The largest absolute Gasteiger partial charge is 0.465 e. The van der Waals surface area contributed by atoms with Gasteiger partial charge in [0, 0.05) is 14.7 Å². The number of thiazole rings is 1. The molecule has 2 aromatic rings. The monoisotopic (exact) mass is 332 g/mol. The number of carbonyl (C=O) groups is 1. The molecule has 0 radical (unpaired) electrons. The third-order valence-electron chi connectivity index (χ3n) is 1.93. The van der Waals surface area contributed by atoms with Crippen LogP contribution in [-0.4, -0.2) is 18.1 Å². The van der Waals surface area contributed by atoms with Crippen LogP contribution in [-0.2, 0) is 11.3 Å². The van der Waals surface area contributed by atoms with Gasteiger partial charge in [0.05, 0.1) is 19.9 Å². The van der Waals surface area contributed by atoms with E-state index < -0.39 is 0 Å². The first kappa shape index (κ1) is 12.5. The molecule has 17 heavy (non-hydrogen) atoms. The van der Waals surface area contributed by atoms with Gasteiger partial charge in [0.15, 0.2) is 5.13 Å². The van der Waals surface area contributed by atoms with Gasteiger partial charge in [-0.2, -0.15) is 0 Å². The summed E-state index contributed by atoms with van der Waals surface area (Å²) in [4.78, 5) is 17.0. The lowest BCUT2D eigenvalue weighted by Gasteiger charge is -1.98. The van der Waals surface area contributed by atoms with Crippen LogP contribution in [0, 0.1) is 0 Å². The van der Waals surface area contributed by atoms with Crippen molar-refractivity contribution >= 4 is 49.7 Å². The smallest absolute Gasteiger partial charge is 0.349 e. The average molecular weight is 333 g/mol. The number of rotatable bonds is 4. The van der Waals surface area contributed by atoms with Gasteiger partial charge in [-0.05, 0) is 22.0 Å². The first-order valence-electron chi connectivity index (χ1n) is 4.70. The van der Waals surface area contributed by atoms with Crippen LogP contribution in [0.2, 0.25) is 0 Å². The van der Waals surface area contributed by atoms with E-state index in [2.05, 4.69) is 31.0 Å². The van der Waals surface area contributed by atoms with E-state index in [-0.39, 0.29) is 5.97 Å². The highest BCUT2D eigenvalue weighted by Gasteiger charge is 2.10. The number of nitrogens with one attached hydrogen (secondary N) is 1. The van der Waals surface area contributed by atoms with Crippen molar-refractivity contribution in [1.29, 1.82) is 0 Å². The Morgan fingerprint density at radius 2 is 2.47 bits per heavy atom. The van der Waals surface area contributed by atoms with Crippen molar-refractivity contribution in [1.82, 2.24) is 4.98 Å². The van der Waals surface area contributed by atoms with E-state index in [1.165, 1.54) is 29.5 Å². The molecule has 0 aliphatic rings. The number of carbonyl (C=O) groups excluding carboxylic acids is 1. The Labute approximate surface area is 115 Å². The van der Waals surface area contributed by atoms with Gasteiger partial charge < -0.3 is 10.1 Å². The van der Waals surface area contributed by atoms with Gasteiger partial charge in [-0.15, -0.1) is 11.3 Å². The van der Waals surface area contributed by atoms with Gasteiger partial charge in [0.1, 0.15) is 4.88 Å². The fourth-order valence-electron chi connectivity index (χ4n) is 1.16. The Balaban J connectivity index is 1.95. The van der Waals surface area contributed by atoms with Gasteiger partial charge >= 0.3 is 5.97 Å². The molecule has 0 atom stereocenters. The van der Waals surface area contributed by atoms with Crippen LogP contribution in [0.3, 0.4) is 0 Å². The van der Waals surface area contributed by atoms with Crippen LogP contribution in [0.1, 0.15) is 14.5 Å². The van der Waals surface area contributed by atoms with E-state index in [9.17, 15) is 4.79 Å². The molecule has 0 amide bonds. The molecule has 0 fully saturated rings. The number of methoxy groups -OCH3 is 1. The van der Waals surface area contributed by atoms with E-state index in [0.29, 0.717) is 11.4 Å². The van der Waals surface area contributed by atoms with E-state index in [1.807, 2.05) is 11.4 Å². The quantitative estimate of drug-likeness (QED) is 0.872. The van der Waals surface area contributed by atoms with Crippen LogP contribution in [0.5, 0.6) is 0 Å². The van der Waals surface area contributed by atoms with Crippen LogP contribution in [0.25, 0.3) is 0 Å². The highest BCUT2D eigenvalue weighted by molar-refractivity contribution is 9.10. The topological polar surface area (TPSA) is 51.2 Å². The minimum atomic E-state index is -0.352. The summed E-state index contributed by atoms with van der Waals surface area (Å²) in [5, 5.41) is 5.91. The minimum Gasteiger partial charge on any atom is -0.465 e. The molecule has 1 N–H and O–H groups in total. The first-order chi connectivity index (χ1) is 8.19. The average Bonchev–Trinajstić information content (AvgIpc) is 2.94. The van der Waals surface area contributed by atoms with Crippen molar-refractivity contribution in [3.8, 4) is 0 Å².